The van der Waals surface area contributed by atoms with Crippen LogP contribution in [0.15, 0.2) is 48.5 Å². The minimum absolute atomic E-state index is 0.0445. The molecule has 164 valence electrons. The molecule has 0 amide bonds. The van der Waals surface area contributed by atoms with Crippen LogP contribution >= 0.6 is 0 Å². The monoisotopic (exact) mass is 435 g/mol. The molecule has 1 aromatic heterocycles. The standard InChI is InChI=1S/C24H21NO7/c1-30-13-5-6-14-16(11-13)25-21(12-4-8-18(31-2)17(26)10-12)20(14)22(27)15-7-9-19(32-3)24(29)23(15)28/h4-11,25-26,28-29H,1-3H3. The zero-order valence-electron chi connectivity index (χ0n) is 17.6. The first-order valence-corrected chi connectivity index (χ1v) is 9.60. The highest BCUT2D eigenvalue weighted by atomic mass is 16.5. The van der Waals surface area contributed by atoms with Gasteiger partial charge in [-0.3, -0.25) is 4.79 Å². The average Bonchev–Trinajstić information content (AvgIpc) is 3.19. The van der Waals surface area contributed by atoms with Gasteiger partial charge in [0.15, 0.2) is 28.8 Å². The Labute approximate surface area is 183 Å². The van der Waals surface area contributed by atoms with Gasteiger partial charge in [-0.1, -0.05) is 0 Å². The molecular weight excluding hydrogens is 414 g/mol. The van der Waals surface area contributed by atoms with Crippen LogP contribution in [0, 0.1) is 0 Å². The lowest BCUT2D eigenvalue weighted by molar-refractivity contribution is 0.103. The molecule has 0 fully saturated rings. The van der Waals surface area contributed by atoms with Gasteiger partial charge in [-0.25, -0.2) is 0 Å². The van der Waals surface area contributed by atoms with E-state index < -0.39 is 17.3 Å². The highest BCUT2D eigenvalue weighted by Crippen LogP contribution is 2.42. The maximum Gasteiger partial charge on any atom is 0.201 e. The molecule has 0 radical (unpaired) electrons. The number of carbonyl (C=O) groups excluding carboxylic acids is 1. The number of methoxy groups -OCH3 is 3. The second kappa shape index (κ2) is 8.07. The maximum absolute atomic E-state index is 13.6. The van der Waals surface area contributed by atoms with Crippen LogP contribution in [0.4, 0.5) is 0 Å². The molecule has 4 N–H and O–H groups in total. The Morgan fingerprint density at radius 3 is 2.19 bits per heavy atom. The number of phenols is 3. The van der Waals surface area contributed by atoms with Crippen molar-refractivity contribution in [3.8, 4) is 45.8 Å². The third-order valence-electron chi connectivity index (χ3n) is 5.28. The summed E-state index contributed by atoms with van der Waals surface area (Å²) in [5, 5.41) is 31.5. The van der Waals surface area contributed by atoms with Crippen LogP contribution in [0.3, 0.4) is 0 Å². The second-order valence-corrected chi connectivity index (χ2v) is 7.01. The SMILES string of the molecule is COc1ccc2c(C(=O)c3ccc(OC)c(O)c3O)c(-c3ccc(OC)c(O)c3)[nH]c2c1. The summed E-state index contributed by atoms with van der Waals surface area (Å²) in [6, 6.07) is 12.7. The number of phenolic OH excluding ortho intramolecular Hbond substituents is 3. The van der Waals surface area contributed by atoms with Gasteiger partial charge in [0.1, 0.15) is 5.75 Å². The van der Waals surface area contributed by atoms with E-state index >= 15 is 0 Å². The van der Waals surface area contributed by atoms with Crippen molar-refractivity contribution in [2.75, 3.05) is 21.3 Å². The van der Waals surface area contributed by atoms with E-state index in [4.69, 9.17) is 14.2 Å². The van der Waals surface area contributed by atoms with Gasteiger partial charge in [0.25, 0.3) is 0 Å². The van der Waals surface area contributed by atoms with Crippen molar-refractivity contribution >= 4 is 16.7 Å². The summed E-state index contributed by atoms with van der Waals surface area (Å²) in [7, 11) is 4.33. The Morgan fingerprint density at radius 2 is 1.53 bits per heavy atom. The molecule has 32 heavy (non-hydrogen) atoms. The number of aromatic nitrogens is 1. The van der Waals surface area contributed by atoms with Gasteiger partial charge in [-0.05, 0) is 42.5 Å². The number of aromatic hydroxyl groups is 3. The molecule has 0 aliphatic carbocycles. The smallest absolute Gasteiger partial charge is 0.201 e. The Balaban J connectivity index is 1.97. The fourth-order valence-electron chi connectivity index (χ4n) is 3.65. The first-order chi connectivity index (χ1) is 15.4. The topological polar surface area (TPSA) is 121 Å². The van der Waals surface area contributed by atoms with E-state index in [1.807, 2.05) is 0 Å². The number of ketones is 1. The van der Waals surface area contributed by atoms with Gasteiger partial charge >= 0.3 is 0 Å². The van der Waals surface area contributed by atoms with Crippen molar-refractivity contribution in [2.24, 2.45) is 0 Å². The lowest BCUT2D eigenvalue weighted by Gasteiger charge is -2.11. The predicted molar refractivity (Wildman–Crippen MR) is 118 cm³/mol. The lowest BCUT2D eigenvalue weighted by atomic mass is 9.96. The number of fused-ring (bicyclic) bond motifs is 1. The molecule has 0 aliphatic rings. The van der Waals surface area contributed by atoms with Crippen molar-refractivity contribution in [3.05, 3.63) is 59.7 Å². The number of H-pyrrole nitrogens is 1. The quantitative estimate of drug-likeness (QED) is 0.264. The number of ether oxygens (including phenoxy) is 3. The summed E-state index contributed by atoms with van der Waals surface area (Å²) < 4.78 is 15.4. The molecular formula is C24H21NO7. The van der Waals surface area contributed by atoms with E-state index in [1.54, 1.807) is 30.3 Å². The molecule has 8 nitrogen and oxygen atoms in total. The van der Waals surface area contributed by atoms with Gasteiger partial charge < -0.3 is 34.5 Å². The van der Waals surface area contributed by atoms with Crippen LogP contribution in [0.5, 0.6) is 34.5 Å². The molecule has 0 unspecified atom stereocenters. The van der Waals surface area contributed by atoms with E-state index in [0.717, 1.165) is 0 Å². The van der Waals surface area contributed by atoms with E-state index in [1.165, 1.54) is 39.5 Å². The number of hydrogen-bond acceptors (Lipinski definition) is 7. The summed E-state index contributed by atoms with van der Waals surface area (Å²) in [6.45, 7) is 0. The Bertz CT molecular complexity index is 1340. The van der Waals surface area contributed by atoms with E-state index in [-0.39, 0.29) is 28.4 Å². The number of rotatable bonds is 6. The fourth-order valence-corrected chi connectivity index (χ4v) is 3.65. The van der Waals surface area contributed by atoms with Crippen LogP contribution in [-0.4, -0.2) is 47.4 Å². The van der Waals surface area contributed by atoms with Crippen LogP contribution in [0.1, 0.15) is 15.9 Å². The molecule has 0 atom stereocenters. The van der Waals surface area contributed by atoms with E-state index in [2.05, 4.69) is 4.98 Å². The van der Waals surface area contributed by atoms with Gasteiger partial charge in [0, 0.05) is 17.0 Å². The number of hydrogen-bond donors (Lipinski definition) is 4. The molecule has 0 aliphatic heterocycles. The van der Waals surface area contributed by atoms with Crippen LogP contribution in [0.2, 0.25) is 0 Å². The molecule has 0 saturated heterocycles. The highest BCUT2D eigenvalue weighted by Gasteiger charge is 2.26. The maximum atomic E-state index is 13.6. The van der Waals surface area contributed by atoms with Gasteiger partial charge in [0.2, 0.25) is 5.75 Å². The Kier molecular flexibility index (Phi) is 5.28. The first-order valence-electron chi connectivity index (χ1n) is 9.60. The van der Waals surface area contributed by atoms with Crippen LogP contribution < -0.4 is 14.2 Å². The van der Waals surface area contributed by atoms with E-state index in [0.29, 0.717) is 27.9 Å². The van der Waals surface area contributed by atoms with Crippen LogP contribution in [0.25, 0.3) is 22.2 Å². The number of carbonyl (C=O) groups is 1. The third-order valence-corrected chi connectivity index (χ3v) is 5.28. The normalized spacial score (nSPS) is 10.8. The summed E-state index contributed by atoms with van der Waals surface area (Å²) >= 11 is 0. The first kappa shape index (κ1) is 20.9. The van der Waals surface area contributed by atoms with E-state index in [9.17, 15) is 20.1 Å². The van der Waals surface area contributed by atoms with Gasteiger partial charge in [-0.2, -0.15) is 0 Å². The van der Waals surface area contributed by atoms with Gasteiger partial charge in [-0.15, -0.1) is 0 Å². The molecule has 4 aromatic rings. The molecule has 8 heteroatoms. The molecule has 4 rings (SSSR count). The summed E-state index contributed by atoms with van der Waals surface area (Å²) in [6.07, 6.45) is 0. The molecule has 0 bridgehead atoms. The van der Waals surface area contributed by atoms with Crippen molar-refractivity contribution in [3.63, 3.8) is 0 Å². The van der Waals surface area contributed by atoms with Crippen molar-refractivity contribution < 1.29 is 34.3 Å². The third kappa shape index (κ3) is 3.31. The molecule has 0 saturated carbocycles. The second-order valence-electron chi connectivity index (χ2n) is 7.01. The average molecular weight is 435 g/mol. The summed E-state index contributed by atoms with van der Waals surface area (Å²) in [5.41, 5.74) is 1.73. The Morgan fingerprint density at radius 1 is 0.812 bits per heavy atom. The lowest BCUT2D eigenvalue weighted by Crippen LogP contribution is -2.04. The number of benzene rings is 3. The summed E-state index contributed by atoms with van der Waals surface area (Å²) in [5.74, 6) is -0.803. The summed E-state index contributed by atoms with van der Waals surface area (Å²) in [4.78, 5) is 16.8. The minimum atomic E-state index is -0.583. The minimum Gasteiger partial charge on any atom is -0.504 e. The fraction of sp³-hybridized carbons (Fsp3) is 0.125. The van der Waals surface area contributed by atoms with Crippen LogP contribution in [-0.2, 0) is 0 Å². The van der Waals surface area contributed by atoms with Crippen molar-refractivity contribution in [2.45, 2.75) is 0 Å². The Hall–Kier alpha value is -4.33. The van der Waals surface area contributed by atoms with Crippen molar-refractivity contribution in [1.82, 2.24) is 4.98 Å². The zero-order chi connectivity index (χ0) is 23.0. The zero-order valence-corrected chi connectivity index (χ0v) is 17.6. The number of nitrogens with one attached hydrogen (secondary N) is 1. The largest absolute Gasteiger partial charge is 0.504 e. The molecule has 3 aromatic carbocycles. The van der Waals surface area contributed by atoms with Crippen molar-refractivity contribution in [1.29, 1.82) is 0 Å². The van der Waals surface area contributed by atoms with Gasteiger partial charge in [0.05, 0.1) is 43.7 Å². The molecule has 0 spiro atoms. The number of aromatic amines is 1. The molecule has 1 heterocycles. The predicted octanol–water partition coefficient (Wildman–Crippen LogP) is 4.21. The highest BCUT2D eigenvalue weighted by molar-refractivity contribution is 6.21.